The van der Waals surface area contributed by atoms with Crippen LogP contribution in [0.3, 0.4) is 0 Å². The maximum Gasteiger partial charge on any atom is 0.254 e. The Kier molecular flexibility index (Phi) is 7.39. The van der Waals surface area contributed by atoms with Crippen molar-refractivity contribution in [3.8, 4) is 11.8 Å². The second-order valence-corrected chi connectivity index (χ2v) is 5.82. The molecule has 0 amide bonds. The van der Waals surface area contributed by atoms with E-state index >= 15 is 0 Å². The van der Waals surface area contributed by atoms with Crippen LogP contribution in [0.1, 0.15) is 36.2 Å². The number of nitrogens with zero attached hydrogens (tertiary/aromatic N) is 2. The van der Waals surface area contributed by atoms with Gasteiger partial charge in [0.1, 0.15) is 0 Å². The van der Waals surface area contributed by atoms with E-state index in [-0.39, 0.29) is 11.5 Å². The van der Waals surface area contributed by atoms with Gasteiger partial charge in [0.25, 0.3) is 5.56 Å². The summed E-state index contributed by atoms with van der Waals surface area (Å²) in [7, 11) is 1.61. The van der Waals surface area contributed by atoms with Gasteiger partial charge in [0.2, 0.25) is 5.95 Å². The molecule has 3 aromatic rings. The summed E-state index contributed by atoms with van der Waals surface area (Å²) in [6.45, 7) is 4.00. The molecule has 138 valence electrons. The Morgan fingerprint density at radius 2 is 1.59 bits per heavy atom. The minimum Gasteiger partial charge on any atom is -0.369 e. The first-order valence-corrected chi connectivity index (χ1v) is 9.10. The fraction of sp³-hybridized carbons (Fsp3) is 0.217. The van der Waals surface area contributed by atoms with Crippen LogP contribution in [0.2, 0.25) is 0 Å². The Morgan fingerprint density at radius 3 is 2.30 bits per heavy atom. The summed E-state index contributed by atoms with van der Waals surface area (Å²) in [6.07, 6.45) is 1.44. The first-order chi connectivity index (χ1) is 13.1. The van der Waals surface area contributed by atoms with Gasteiger partial charge in [0.05, 0.1) is 5.69 Å². The second-order valence-electron chi connectivity index (χ2n) is 5.82. The molecule has 0 aliphatic rings. The average Bonchev–Trinajstić information content (AvgIpc) is 2.71. The predicted molar refractivity (Wildman–Crippen MR) is 112 cm³/mol. The fourth-order valence-electron chi connectivity index (χ4n) is 2.48. The molecular formula is C23H25N3O. The van der Waals surface area contributed by atoms with Crippen molar-refractivity contribution in [2.45, 2.75) is 26.7 Å². The van der Waals surface area contributed by atoms with Gasteiger partial charge in [-0.3, -0.25) is 9.36 Å². The molecule has 0 fully saturated rings. The largest absolute Gasteiger partial charge is 0.369 e. The standard InChI is InChI=1S/C21H19N3O.C2H6/c1-24-20(25)15-19(23-21(24)22)13-12-18-9-5-8-17(14-18)11-10-16-6-3-2-4-7-16;1-2/h2-9,14-15H,12-13H2,1H3,(H2,22,23);1-2H3. The molecule has 2 aromatic carbocycles. The van der Waals surface area contributed by atoms with Gasteiger partial charge in [-0.15, -0.1) is 0 Å². The molecule has 0 bridgehead atoms. The van der Waals surface area contributed by atoms with Gasteiger partial charge in [0, 0.05) is 24.2 Å². The van der Waals surface area contributed by atoms with E-state index in [0.29, 0.717) is 12.1 Å². The van der Waals surface area contributed by atoms with Crippen molar-refractivity contribution in [1.29, 1.82) is 0 Å². The van der Waals surface area contributed by atoms with Crippen LogP contribution >= 0.6 is 0 Å². The molecule has 2 N–H and O–H groups in total. The molecule has 0 unspecified atom stereocenters. The third kappa shape index (κ3) is 5.86. The molecule has 4 nitrogen and oxygen atoms in total. The zero-order valence-electron chi connectivity index (χ0n) is 16.1. The maximum atomic E-state index is 11.8. The van der Waals surface area contributed by atoms with Crippen molar-refractivity contribution in [1.82, 2.24) is 9.55 Å². The Labute approximate surface area is 160 Å². The number of nitrogen functional groups attached to an aromatic ring is 1. The van der Waals surface area contributed by atoms with Gasteiger partial charge in [-0.1, -0.05) is 56.0 Å². The lowest BCUT2D eigenvalue weighted by atomic mass is 10.0. The van der Waals surface area contributed by atoms with Gasteiger partial charge in [0.15, 0.2) is 0 Å². The van der Waals surface area contributed by atoms with E-state index in [2.05, 4.69) is 29.0 Å². The summed E-state index contributed by atoms with van der Waals surface area (Å²) in [5, 5.41) is 0. The van der Waals surface area contributed by atoms with E-state index in [1.54, 1.807) is 7.05 Å². The van der Waals surface area contributed by atoms with Gasteiger partial charge < -0.3 is 5.73 Å². The zero-order chi connectivity index (χ0) is 19.6. The summed E-state index contributed by atoms with van der Waals surface area (Å²) in [6, 6.07) is 19.6. The molecule has 0 radical (unpaired) electrons. The van der Waals surface area contributed by atoms with Crippen molar-refractivity contribution in [3.63, 3.8) is 0 Å². The zero-order valence-corrected chi connectivity index (χ0v) is 16.1. The number of rotatable bonds is 3. The molecule has 1 heterocycles. The third-order valence-corrected chi connectivity index (χ3v) is 3.94. The Morgan fingerprint density at radius 1 is 0.926 bits per heavy atom. The lowest BCUT2D eigenvalue weighted by molar-refractivity contribution is 0.806. The van der Waals surface area contributed by atoms with E-state index in [4.69, 9.17) is 5.73 Å². The van der Waals surface area contributed by atoms with E-state index in [0.717, 1.165) is 23.1 Å². The van der Waals surface area contributed by atoms with Gasteiger partial charge in [-0.25, -0.2) is 4.98 Å². The highest BCUT2D eigenvalue weighted by atomic mass is 16.1. The minimum atomic E-state index is -0.134. The number of benzene rings is 2. The van der Waals surface area contributed by atoms with E-state index in [9.17, 15) is 4.79 Å². The maximum absolute atomic E-state index is 11.8. The van der Waals surface area contributed by atoms with Crippen LogP contribution in [0.15, 0.2) is 65.5 Å². The van der Waals surface area contributed by atoms with E-state index in [1.165, 1.54) is 10.6 Å². The topological polar surface area (TPSA) is 60.9 Å². The highest BCUT2D eigenvalue weighted by Gasteiger charge is 2.03. The monoisotopic (exact) mass is 359 g/mol. The molecule has 0 saturated heterocycles. The summed E-state index contributed by atoms with van der Waals surface area (Å²) in [4.78, 5) is 16.0. The fourth-order valence-corrected chi connectivity index (χ4v) is 2.48. The van der Waals surface area contributed by atoms with Crippen molar-refractivity contribution in [3.05, 3.63) is 93.4 Å². The van der Waals surface area contributed by atoms with Crippen molar-refractivity contribution < 1.29 is 0 Å². The van der Waals surface area contributed by atoms with Crippen LogP contribution in [0.4, 0.5) is 5.95 Å². The van der Waals surface area contributed by atoms with Crippen LogP contribution in [-0.2, 0) is 19.9 Å². The second kappa shape index (κ2) is 9.98. The van der Waals surface area contributed by atoms with Crippen LogP contribution < -0.4 is 11.3 Å². The lowest BCUT2D eigenvalue weighted by Crippen LogP contribution is -2.21. The third-order valence-electron chi connectivity index (χ3n) is 3.94. The number of hydrogen-bond donors (Lipinski definition) is 1. The minimum absolute atomic E-state index is 0.134. The molecule has 0 aliphatic heterocycles. The number of anilines is 1. The smallest absolute Gasteiger partial charge is 0.254 e. The van der Waals surface area contributed by atoms with Crippen molar-refractivity contribution in [2.24, 2.45) is 7.05 Å². The van der Waals surface area contributed by atoms with Crippen LogP contribution in [0, 0.1) is 11.8 Å². The van der Waals surface area contributed by atoms with E-state index < -0.39 is 0 Å². The summed E-state index contributed by atoms with van der Waals surface area (Å²) < 4.78 is 1.34. The first kappa shape index (κ1) is 20.0. The summed E-state index contributed by atoms with van der Waals surface area (Å²) in [5.41, 5.74) is 9.44. The summed E-state index contributed by atoms with van der Waals surface area (Å²) >= 11 is 0. The first-order valence-electron chi connectivity index (χ1n) is 9.10. The normalized spacial score (nSPS) is 9.59. The van der Waals surface area contributed by atoms with Crippen LogP contribution in [0.25, 0.3) is 0 Å². The van der Waals surface area contributed by atoms with Crippen LogP contribution in [-0.4, -0.2) is 9.55 Å². The van der Waals surface area contributed by atoms with Gasteiger partial charge in [-0.2, -0.15) is 0 Å². The molecule has 1 aromatic heterocycles. The van der Waals surface area contributed by atoms with Crippen LogP contribution in [0.5, 0.6) is 0 Å². The number of nitrogens with two attached hydrogens (primary N) is 1. The molecule has 0 atom stereocenters. The molecule has 3 rings (SSSR count). The number of aryl methyl sites for hydroxylation is 2. The summed E-state index contributed by atoms with van der Waals surface area (Å²) in [5.74, 6) is 6.59. The van der Waals surface area contributed by atoms with Gasteiger partial charge >= 0.3 is 0 Å². The Hall–Kier alpha value is -3.32. The highest BCUT2D eigenvalue weighted by molar-refractivity contribution is 5.43. The Bertz CT molecular complexity index is 995. The molecule has 0 aliphatic carbocycles. The molecule has 0 saturated carbocycles. The highest BCUT2D eigenvalue weighted by Crippen LogP contribution is 2.09. The molecule has 4 heteroatoms. The molecular weight excluding hydrogens is 334 g/mol. The van der Waals surface area contributed by atoms with Gasteiger partial charge in [-0.05, 0) is 42.7 Å². The van der Waals surface area contributed by atoms with E-state index in [1.807, 2.05) is 56.3 Å². The van der Waals surface area contributed by atoms with Crippen molar-refractivity contribution in [2.75, 3.05) is 5.73 Å². The average molecular weight is 359 g/mol. The van der Waals surface area contributed by atoms with Crippen molar-refractivity contribution >= 4 is 5.95 Å². The predicted octanol–water partition coefficient (Wildman–Crippen LogP) is 3.57. The SMILES string of the molecule is CC.Cn1c(N)nc(CCc2cccc(C#Cc3ccccc3)c2)cc1=O. The molecule has 0 spiro atoms. The number of hydrogen-bond acceptors (Lipinski definition) is 3. The lowest BCUT2D eigenvalue weighted by Gasteiger charge is -2.06. The Balaban J connectivity index is 0.00000126. The quantitative estimate of drug-likeness (QED) is 0.727. The number of aromatic nitrogens is 2. The molecule has 27 heavy (non-hydrogen) atoms.